The van der Waals surface area contributed by atoms with E-state index in [0.717, 1.165) is 77.3 Å². The summed E-state index contributed by atoms with van der Waals surface area (Å²) in [5, 5.41) is 12.2. The molecule has 8 fully saturated rings. The van der Waals surface area contributed by atoms with Crippen molar-refractivity contribution >= 4 is 24.8 Å². The van der Waals surface area contributed by atoms with Crippen LogP contribution in [0.4, 0.5) is 22.8 Å². The van der Waals surface area contributed by atoms with E-state index in [2.05, 4.69) is 27.7 Å². The van der Waals surface area contributed by atoms with Gasteiger partial charge in [0.2, 0.25) is 0 Å². The van der Waals surface area contributed by atoms with Crippen LogP contribution in [0.5, 0.6) is 0 Å². The topological polar surface area (TPSA) is 91.8 Å². The lowest BCUT2D eigenvalue weighted by Gasteiger charge is -2.59. The number of carbonyl (C=O) groups excluding carboxylic acids is 2. The lowest BCUT2D eigenvalue weighted by Crippen LogP contribution is -2.57. The quantitative estimate of drug-likeness (QED) is 0.317. The van der Waals surface area contributed by atoms with E-state index in [0.29, 0.717) is 11.8 Å². The number of thiol groups is 1. The van der Waals surface area contributed by atoms with Crippen molar-refractivity contribution in [3.05, 3.63) is 0 Å². The third-order valence-corrected chi connectivity index (χ3v) is 16.5. The summed E-state index contributed by atoms with van der Waals surface area (Å²) >= 11 is 5.51. The molecule has 0 aromatic rings. The molecule has 12 atom stereocenters. The van der Waals surface area contributed by atoms with Gasteiger partial charge in [-0.15, -0.1) is 0 Å². The second kappa shape index (κ2) is 12.5. The lowest BCUT2D eigenvalue weighted by atomic mass is 9.48. The maximum Gasteiger partial charge on any atom is 0.410 e. The number of aliphatic hydroxyl groups is 1. The molecule has 1 N–H and O–H groups in total. The summed E-state index contributed by atoms with van der Waals surface area (Å²) in [5.74, 6) is 1.04. The molecule has 3 aliphatic heterocycles. The summed E-state index contributed by atoms with van der Waals surface area (Å²) in [6, 6.07) is 0. The minimum atomic E-state index is -4.25. The Morgan fingerprint density at radius 1 is 0.902 bits per heavy atom. The molecule has 0 aromatic heterocycles. The molecular weight excluding hydrogens is 683 g/mol. The zero-order valence-electron chi connectivity index (χ0n) is 30.7. The summed E-state index contributed by atoms with van der Waals surface area (Å²) in [5.41, 5.74) is 0.0637. The molecule has 5 saturated carbocycles. The molecule has 0 bridgehead atoms. The number of nitrogens with zero attached hydrogens (tertiary/aromatic N) is 3. The number of carbonyl (C=O) groups is 2. The predicted molar refractivity (Wildman–Crippen MR) is 186 cm³/mol. The highest BCUT2D eigenvalue weighted by atomic mass is 32.1. The second-order valence-electron chi connectivity index (χ2n) is 18.6. The number of ether oxygens (including phenoxy) is 3. The molecule has 3 heterocycles. The van der Waals surface area contributed by atoms with E-state index in [1.165, 1.54) is 4.90 Å². The van der Waals surface area contributed by atoms with Crippen LogP contribution in [-0.4, -0.2) is 119 Å². The molecule has 3 saturated heterocycles. The van der Waals surface area contributed by atoms with Crippen molar-refractivity contribution in [1.29, 1.82) is 0 Å². The van der Waals surface area contributed by atoms with Crippen LogP contribution in [0.25, 0.3) is 0 Å². The molecule has 9 nitrogen and oxygen atoms in total. The van der Waals surface area contributed by atoms with Gasteiger partial charge in [0.25, 0.3) is 0 Å². The SMILES string of the molecule is CC(C)[C@@H](OC(=O)N1CCC1)C1CCC2C(O1)[C@H](O)C1C3CC[C@H]4C(C)(C)[C@@H](OC(=O)N5CCN(CC(F)(F)F)CC5)CC[C@@]45C[C@@]35CC[C@]21S. The van der Waals surface area contributed by atoms with Crippen LogP contribution in [0.3, 0.4) is 0 Å². The summed E-state index contributed by atoms with van der Waals surface area (Å²) < 4.78 is 57.5. The molecule has 8 rings (SSSR count). The van der Waals surface area contributed by atoms with E-state index in [-0.39, 0.29) is 95.4 Å². The van der Waals surface area contributed by atoms with Crippen LogP contribution in [0.2, 0.25) is 0 Å². The minimum Gasteiger partial charge on any atom is -0.446 e. The van der Waals surface area contributed by atoms with Crippen molar-refractivity contribution in [2.24, 2.45) is 45.8 Å². The van der Waals surface area contributed by atoms with Crippen LogP contribution in [0.15, 0.2) is 0 Å². The van der Waals surface area contributed by atoms with Crippen molar-refractivity contribution in [1.82, 2.24) is 14.7 Å². The Bertz CT molecular complexity index is 1370. The normalized spacial score (nSPS) is 45.0. The molecule has 8 aliphatic rings. The Morgan fingerprint density at radius 3 is 2.24 bits per heavy atom. The first-order chi connectivity index (χ1) is 24.0. The average molecular weight is 742 g/mol. The van der Waals surface area contributed by atoms with Crippen molar-refractivity contribution in [3.63, 3.8) is 0 Å². The molecule has 2 spiro atoms. The number of halogens is 3. The predicted octanol–water partition coefficient (Wildman–Crippen LogP) is 6.38. The van der Waals surface area contributed by atoms with Crippen LogP contribution in [-0.2, 0) is 14.2 Å². The van der Waals surface area contributed by atoms with Crippen LogP contribution in [0, 0.1) is 45.8 Å². The number of alkyl halides is 3. The van der Waals surface area contributed by atoms with Gasteiger partial charge in [0.15, 0.2) is 0 Å². The van der Waals surface area contributed by atoms with Crippen LogP contribution < -0.4 is 0 Å². The van der Waals surface area contributed by atoms with Crippen molar-refractivity contribution in [2.45, 2.75) is 133 Å². The Morgan fingerprint density at radius 2 is 1.59 bits per heavy atom. The highest BCUT2D eigenvalue weighted by Crippen LogP contribution is 2.86. The Hall–Kier alpha value is -1.44. The van der Waals surface area contributed by atoms with Gasteiger partial charge in [-0.3, -0.25) is 4.90 Å². The largest absolute Gasteiger partial charge is 0.446 e. The molecule has 2 amide bonds. The van der Waals surface area contributed by atoms with Crippen molar-refractivity contribution in [2.75, 3.05) is 45.8 Å². The van der Waals surface area contributed by atoms with E-state index in [1.807, 2.05) is 0 Å². The standard InChI is InChI=1S/C38H58F3N3O6S/c1-22(2)30(50-33(47)43-14-5-15-43)25-8-6-24-31(48-25)29(45)28-23-7-9-26-34(3,4)27(10-11-36(26)20-35(23,36)12-13-37(24,28)51)49-32(46)44-18-16-42(17-19-44)21-38(39,40)41/h22-31,45,51H,5-21H2,1-4H3/t23?,24?,25?,26-,27-,28?,29+,30+,31?,35-,36+,37-/m0/s1. The number of fused-ring (bicyclic) bond motifs is 4. The van der Waals surface area contributed by atoms with Gasteiger partial charge >= 0.3 is 18.4 Å². The number of amides is 2. The highest BCUT2D eigenvalue weighted by Gasteiger charge is 2.82. The molecule has 0 aromatic carbocycles. The van der Waals surface area contributed by atoms with E-state index in [4.69, 9.17) is 26.8 Å². The van der Waals surface area contributed by atoms with Gasteiger partial charge in [0.1, 0.15) is 12.2 Å². The molecule has 288 valence electrons. The number of hydrogen-bond donors (Lipinski definition) is 2. The monoisotopic (exact) mass is 741 g/mol. The smallest absolute Gasteiger partial charge is 0.410 e. The van der Waals surface area contributed by atoms with E-state index in [1.54, 1.807) is 9.80 Å². The first kappa shape index (κ1) is 36.5. The summed E-state index contributed by atoms with van der Waals surface area (Å²) in [6.07, 6.45) is 2.98. The minimum absolute atomic E-state index is 0.0412. The van der Waals surface area contributed by atoms with E-state index >= 15 is 0 Å². The van der Waals surface area contributed by atoms with E-state index < -0.39 is 24.9 Å². The fourth-order valence-corrected chi connectivity index (χ4v) is 13.9. The number of likely N-dealkylation sites (tertiary alicyclic amines) is 1. The Kier molecular flexibility index (Phi) is 8.99. The Labute approximate surface area is 306 Å². The van der Waals surface area contributed by atoms with Crippen LogP contribution >= 0.6 is 12.6 Å². The zero-order chi connectivity index (χ0) is 36.3. The van der Waals surface area contributed by atoms with Gasteiger partial charge in [0.05, 0.1) is 24.9 Å². The highest BCUT2D eigenvalue weighted by molar-refractivity contribution is 7.81. The molecule has 5 aliphatic carbocycles. The van der Waals surface area contributed by atoms with Crippen molar-refractivity contribution in [3.8, 4) is 0 Å². The van der Waals surface area contributed by atoms with Gasteiger partial charge in [-0.05, 0) is 92.8 Å². The lowest BCUT2D eigenvalue weighted by molar-refractivity contribution is -0.164. The van der Waals surface area contributed by atoms with Gasteiger partial charge in [-0.25, -0.2) is 9.59 Å². The summed E-state index contributed by atoms with van der Waals surface area (Å²) in [7, 11) is 0. The van der Waals surface area contributed by atoms with Gasteiger partial charge < -0.3 is 29.1 Å². The third-order valence-electron chi connectivity index (χ3n) is 15.7. The fraction of sp³-hybridized carbons (Fsp3) is 0.947. The molecule has 5 unspecified atom stereocenters. The fourth-order valence-electron chi connectivity index (χ4n) is 13.2. The van der Waals surface area contributed by atoms with Crippen LogP contribution in [0.1, 0.15) is 91.9 Å². The first-order valence-corrected chi connectivity index (χ1v) is 20.2. The molecule has 51 heavy (non-hydrogen) atoms. The molecular formula is C38H58F3N3O6S. The van der Waals surface area contributed by atoms with E-state index in [9.17, 15) is 27.9 Å². The maximum absolute atomic E-state index is 13.3. The molecule has 13 heteroatoms. The van der Waals surface area contributed by atoms with Gasteiger partial charge in [-0.2, -0.15) is 25.8 Å². The number of rotatable bonds is 5. The maximum atomic E-state index is 13.3. The van der Waals surface area contributed by atoms with Crippen molar-refractivity contribution < 1.29 is 42.1 Å². The zero-order valence-corrected chi connectivity index (χ0v) is 31.6. The number of hydrogen-bond acceptors (Lipinski definition) is 8. The van der Waals surface area contributed by atoms with Gasteiger partial charge in [0, 0.05) is 61.3 Å². The summed E-state index contributed by atoms with van der Waals surface area (Å²) in [6.45, 7) is 10.0. The van der Waals surface area contributed by atoms with Gasteiger partial charge in [-0.1, -0.05) is 27.7 Å². The average Bonchev–Trinajstić information content (AvgIpc) is 3.65. The third kappa shape index (κ3) is 5.73. The summed E-state index contributed by atoms with van der Waals surface area (Å²) in [4.78, 5) is 30.8. The molecule has 0 radical (unpaired) electrons. The Balaban J connectivity index is 0.935. The number of piperazine rings is 1. The second-order valence-corrected chi connectivity index (χ2v) is 19.4. The first-order valence-electron chi connectivity index (χ1n) is 19.8. The number of aliphatic hydroxyl groups excluding tert-OH is 1.